The van der Waals surface area contributed by atoms with Crippen LogP contribution in [0.2, 0.25) is 0 Å². The molecule has 0 atom stereocenters. The number of thiophene rings is 1. The quantitative estimate of drug-likeness (QED) is 0.791. The first-order chi connectivity index (χ1) is 11.4. The number of hydrogen-bond acceptors (Lipinski definition) is 4. The Morgan fingerprint density at radius 2 is 1.92 bits per heavy atom. The number of benzene rings is 1. The first-order valence-electron chi connectivity index (χ1n) is 7.80. The van der Waals surface area contributed by atoms with Crippen LogP contribution in [0.1, 0.15) is 33.3 Å². The molecule has 3 rings (SSSR count). The van der Waals surface area contributed by atoms with Gasteiger partial charge in [-0.15, -0.1) is 11.3 Å². The molecule has 0 bridgehead atoms. The molecule has 5 nitrogen and oxygen atoms in total. The van der Waals surface area contributed by atoms with Crippen LogP contribution in [0.3, 0.4) is 0 Å². The van der Waals surface area contributed by atoms with E-state index in [9.17, 15) is 9.59 Å². The zero-order valence-electron chi connectivity index (χ0n) is 14.1. The minimum Gasteiger partial charge on any atom is -0.321 e. The molecule has 1 aromatic carbocycles. The molecule has 0 unspecified atom stereocenters. The van der Waals surface area contributed by atoms with Crippen LogP contribution in [0.4, 0.5) is 5.69 Å². The smallest absolute Gasteiger partial charge is 0.266 e. The number of rotatable bonds is 3. The third kappa shape index (κ3) is 2.63. The molecule has 1 amide bonds. The van der Waals surface area contributed by atoms with Crippen LogP contribution in [0.5, 0.6) is 0 Å². The lowest BCUT2D eigenvalue weighted by atomic mass is 10.1. The van der Waals surface area contributed by atoms with E-state index < -0.39 is 0 Å². The Kier molecular flexibility index (Phi) is 4.24. The van der Waals surface area contributed by atoms with Crippen LogP contribution in [0.15, 0.2) is 29.3 Å². The Morgan fingerprint density at radius 3 is 2.54 bits per heavy atom. The Hall–Kier alpha value is -2.47. The number of aryl methyl sites for hydroxylation is 4. The van der Waals surface area contributed by atoms with Gasteiger partial charge in [0.1, 0.15) is 4.83 Å². The Labute approximate surface area is 144 Å². The van der Waals surface area contributed by atoms with Gasteiger partial charge in [-0.1, -0.05) is 18.2 Å². The number of fused-ring (bicyclic) bond motifs is 1. The molecule has 0 aliphatic rings. The van der Waals surface area contributed by atoms with E-state index >= 15 is 0 Å². The van der Waals surface area contributed by atoms with Gasteiger partial charge >= 0.3 is 0 Å². The van der Waals surface area contributed by atoms with E-state index in [0.717, 1.165) is 16.8 Å². The summed E-state index contributed by atoms with van der Waals surface area (Å²) < 4.78 is 1.55. The molecule has 0 saturated carbocycles. The Balaban J connectivity index is 2.07. The fourth-order valence-corrected chi connectivity index (χ4v) is 3.82. The maximum atomic E-state index is 12.7. The average Bonchev–Trinajstić information content (AvgIpc) is 2.89. The van der Waals surface area contributed by atoms with E-state index in [1.54, 1.807) is 4.57 Å². The van der Waals surface area contributed by atoms with E-state index in [1.807, 2.05) is 45.9 Å². The number of amides is 1. The molecular formula is C18H19N3O2S. The SMILES string of the molecule is CCn1cnc2sc(C(=O)Nc3c(C)cccc3C)c(C)c2c1=O. The summed E-state index contributed by atoms with van der Waals surface area (Å²) in [4.78, 5) is 30.7. The molecule has 24 heavy (non-hydrogen) atoms. The average molecular weight is 341 g/mol. The molecular weight excluding hydrogens is 322 g/mol. The highest BCUT2D eigenvalue weighted by atomic mass is 32.1. The van der Waals surface area contributed by atoms with E-state index in [0.29, 0.717) is 27.2 Å². The van der Waals surface area contributed by atoms with Crippen LogP contribution in [-0.4, -0.2) is 15.5 Å². The van der Waals surface area contributed by atoms with Gasteiger partial charge in [-0.2, -0.15) is 0 Å². The number of nitrogens with one attached hydrogen (secondary N) is 1. The number of anilines is 1. The third-order valence-corrected chi connectivity index (χ3v) is 5.38. The molecule has 1 N–H and O–H groups in total. The first-order valence-corrected chi connectivity index (χ1v) is 8.61. The summed E-state index contributed by atoms with van der Waals surface area (Å²) in [6.45, 7) is 8.18. The van der Waals surface area contributed by atoms with E-state index in [1.165, 1.54) is 17.7 Å². The molecule has 0 fully saturated rings. The van der Waals surface area contributed by atoms with Crippen LogP contribution < -0.4 is 10.9 Å². The number of para-hydroxylation sites is 1. The zero-order chi connectivity index (χ0) is 17.4. The van der Waals surface area contributed by atoms with Crippen LogP contribution in [0, 0.1) is 20.8 Å². The molecule has 2 heterocycles. The fourth-order valence-electron chi connectivity index (χ4n) is 2.78. The van der Waals surface area contributed by atoms with E-state index in [-0.39, 0.29) is 11.5 Å². The van der Waals surface area contributed by atoms with Gasteiger partial charge in [0, 0.05) is 12.2 Å². The zero-order valence-corrected chi connectivity index (χ0v) is 15.0. The second kappa shape index (κ2) is 6.20. The lowest BCUT2D eigenvalue weighted by Crippen LogP contribution is -2.19. The minimum absolute atomic E-state index is 0.0950. The van der Waals surface area contributed by atoms with Gasteiger partial charge in [0.2, 0.25) is 0 Å². The highest BCUT2D eigenvalue weighted by Crippen LogP contribution is 2.28. The number of aromatic nitrogens is 2. The molecule has 2 aromatic heterocycles. The van der Waals surface area contributed by atoms with Crippen molar-refractivity contribution in [3.05, 3.63) is 56.4 Å². The largest absolute Gasteiger partial charge is 0.321 e. The summed E-state index contributed by atoms with van der Waals surface area (Å²) in [5.74, 6) is -0.199. The summed E-state index contributed by atoms with van der Waals surface area (Å²) >= 11 is 1.26. The summed E-state index contributed by atoms with van der Waals surface area (Å²) in [6.07, 6.45) is 1.54. The summed E-state index contributed by atoms with van der Waals surface area (Å²) in [5.41, 5.74) is 3.43. The topological polar surface area (TPSA) is 64.0 Å². The maximum Gasteiger partial charge on any atom is 0.266 e. The van der Waals surface area contributed by atoms with Gasteiger partial charge in [-0.25, -0.2) is 4.98 Å². The van der Waals surface area contributed by atoms with Crippen molar-refractivity contribution in [2.24, 2.45) is 0 Å². The van der Waals surface area contributed by atoms with Gasteiger partial charge in [-0.3, -0.25) is 14.2 Å². The normalized spacial score (nSPS) is 11.0. The first kappa shape index (κ1) is 16.4. The monoisotopic (exact) mass is 341 g/mol. The van der Waals surface area contributed by atoms with Crippen LogP contribution >= 0.6 is 11.3 Å². The number of carbonyl (C=O) groups is 1. The second-order valence-corrected chi connectivity index (χ2v) is 6.79. The number of hydrogen-bond donors (Lipinski definition) is 1. The molecule has 0 spiro atoms. The second-order valence-electron chi connectivity index (χ2n) is 5.79. The lowest BCUT2D eigenvalue weighted by molar-refractivity contribution is 0.103. The predicted molar refractivity (Wildman–Crippen MR) is 98.2 cm³/mol. The van der Waals surface area contributed by atoms with Crippen molar-refractivity contribution >= 4 is 33.1 Å². The number of carbonyl (C=O) groups excluding carboxylic acids is 1. The van der Waals surface area contributed by atoms with E-state index in [2.05, 4.69) is 10.3 Å². The van der Waals surface area contributed by atoms with Crippen molar-refractivity contribution in [2.45, 2.75) is 34.2 Å². The van der Waals surface area contributed by atoms with Gasteiger partial charge in [0.15, 0.2) is 0 Å². The highest BCUT2D eigenvalue weighted by Gasteiger charge is 2.20. The molecule has 3 aromatic rings. The molecule has 6 heteroatoms. The standard InChI is InChI=1S/C18H19N3O2S/c1-5-21-9-19-17-13(18(21)23)12(4)15(24-17)16(22)20-14-10(2)7-6-8-11(14)3/h6-9H,5H2,1-4H3,(H,20,22). The summed E-state index contributed by atoms with van der Waals surface area (Å²) in [7, 11) is 0. The molecule has 0 radical (unpaired) electrons. The molecule has 0 saturated heterocycles. The molecule has 124 valence electrons. The van der Waals surface area contributed by atoms with Gasteiger partial charge in [0.05, 0.1) is 16.6 Å². The van der Waals surface area contributed by atoms with Crippen molar-refractivity contribution in [3.8, 4) is 0 Å². The van der Waals surface area contributed by atoms with Crippen LogP contribution in [-0.2, 0) is 6.54 Å². The van der Waals surface area contributed by atoms with Gasteiger partial charge < -0.3 is 5.32 Å². The minimum atomic E-state index is -0.199. The van der Waals surface area contributed by atoms with Crippen molar-refractivity contribution < 1.29 is 4.79 Å². The van der Waals surface area contributed by atoms with Crippen molar-refractivity contribution in [1.29, 1.82) is 0 Å². The summed E-state index contributed by atoms with van der Waals surface area (Å²) in [6, 6.07) is 5.88. The molecule has 0 aliphatic carbocycles. The maximum absolute atomic E-state index is 12.7. The Morgan fingerprint density at radius 1 is 1.25 bits per heavy atom. The predicted octanol–water partition coefficient (Wildman–Crippen LogP) is 3.66. The summed E-state index contributed by atoms with van der Waals surface area (Å²) in [5, 5.41) is 3.52. The van der Waals surface area contributed by atoms with Crippen molar-refractivity contribution in [1.82, 2.24) is 9.55 Å². The third-order valence-electron chi connectivity index (χ3n) is 4.18. The number of nitrogens with zero attached hydrogens (tertiary/aromatic N) is 2. The van der Waals surface area contributed by atoms with Gasteiger partial charge in [0.25, 0.3) is 11.5 Å². The van der Waals surface area contributed by atoms with E-state index in [4.69, 9.17) is 0 Å². The highest BCUT2D eigenvalue weighted by molar-refractivity contribution is 7.20. The fraction of sp³-hybridized carbons (Fsp3) is 0.278. The lowest BCUT2D eigenvalue weighted by Gasteiger charge is -2.11. The van der Waals surface area contributed by atoms with Crippen molar-refractivity contribution in [3.63, 3.8) is 0 Å². The van der Waals surface area contributed by atoms with Crippen LogP contribution in [0.25, 0.3) is 10.2 Å². The van der Waals surface area contributed by atoms with Crippen molar-refractivity contribution in [2.75, 3.05) is 5.32 Å². The molecule has 0 aliphatic heterocycles. The van der Waals surface area contributed by atoms with Gasteiger partial charge in [-0.05, 0) is 44.4 Å². The Bertz CT molecular complexity index is 981.